The van der Waals surface area contributed by atoms with Gasteiger partial charge in [-0.15, -0.1) is 0 Å². The third-order valence-corrected chi connectivity index (χ3v) is 9.38. The average Bonchev–Trinajstić information content (AvgIpc) is 3.31. The number of piperazine rings is 1. The molecule has 6 nitrogen and oxygen atoms in total. The summed E-state index contributed by atoms with van der Waals surface area (Å²) in [4.78, 5) is 4.98. The van der Waals surface area contributed by atoms with E-state index in [0.29, 0.717) is 0 Å². The fraction of sp³-hybridized carbons (Fsp3) is 0.536. The van der Waals surface area contributed by atoms with Gasteiger partial charge in [0, 0.05) is 42.4 Å². The van der Waals surface area contributed by atoms with Gasteiger partial charge in [-0.1, -0.05) is 58.0 Å². The lowest BCUT2D eigenvalue weighted by Crippen LogP contribution is -2.46. The molecule has 1 fully saturated rings. The second kappa shape index (κ2) is 9.39. The van der Waals surface area contributed by atoms with Crippen LogP contribution >= 0.6 is 11.5 Å². The summed E-state index contributed by atoms with van der Waals surface area (Å²) in [6.07, 6.45) is 2.84. The van der Waals surface area contributed by atoms with Gasteiger partial charge >= 0.3 is 0 Å². The molecule has 0 radical (unpaired) electrons. The Morgan fingerprint density at radius 3 is 2.42 bits per heavy atom. The highest BCUT2D eigenvalue weighted by Gasteiger charge is 2.53. The van der Waals surface area contributed by atoms with Crippen molar-refractivity contribution in [2.45, 2.75) is 57.5 Å². The number of rotatable bonds is 7. The Morgan fingerprint density at radius 2 is 1.69 bits per heavy atom. The van der Waals surface area contributed by atoms with Crippen molar-refractivity contribution in [3.8, 4) is 0 Å². The maximum Gasteiger partial charge on any atom is 0.264 e. The Morgan fingerprint density at radius 1 is 1.00 bits per heavy atom. The van der Waals surface area contributed by atoms with Crippen molar-refractivity contribution in [1.82, 2.24) is 9.27 Å². The van der Waals surface area contributed by atoms with E-state index in [-0.39, 0.29) is 10.8 Å². The molecule has 0 bridgehead atoms. The number of hydrogen-bond acceptors (Lipinski definition) is 7. The van der Waals surface area contributed by atoms with Gasteiger partial charge in [-0.3, -0.25) is 9.08 Å². The molecular formula is C28H37N3O3S2. The summed E-state index contributed by atoms with van der Waals surface area (Å²) in [6.45, 7) is 13.6. The third kappa shape index (κ3) is 4.80. The maximum atomic E-state index is 12.0. The van der Waals surface area contributed by atoms with Gasteiger partial charge in [-0.25, -0.2) is 0 Å². The van der Waals surface area contributed by atoms with Gasteiger partial charge in [0.2, 0.25) is 0 Å². The van der Waals surface area contributed by atoms with Crippen LogP contribution in [0, 0.1) is 0 Å². The first-order chi connectivity index (χ1) is 17.0. The lowest BCUT2D eigenvalue weighted by Gasteiger charge is -2.35. The average molecular weight is 528 g/mol. The zero-order chi connectivity index (χ0) is 25.7. The minimum atomic E-state index is -3.55. The summed E-state index contributed by atoms with van der Waals surface area (Å²) in [5, 5.41) is 1.27. The van der Waals surface area contributed by atoms with Crippen LogP contribution < -0.4 is 4.90 Å². The first-order valence-corrected chi connectivity index (χ1v) is 15.4. The maximum absolute atomic E-state index is 12.0. The summed E-state index contributed by atoms with van der Waals surface area (Å²) in [7, 11) is -3.55. The van der Waals surface area contributed by atoms with Crippen molar-refractivity contribution in [2.24, 2.45) is 0 Å². The quantitative estimate of drug-likeness (QED) is 0.405. The summed E-state index contributed by atoms with van der Waals surface area (Å²) in [5.74, 6) is 1.14. The predicted molar refractivity (Wildman–Crippen MR) is 149 cm³/mol. The van der Waals surface area contributed by atoms with Crippen molar-refractivity contribution in [3.63, 3.8) is 0 Å². The van der Waals surface area contributed by atoms with E-state index in [0.717, 1.165) is 57.6 Å². The lowest BCUT2D eigenvalue weighted by atomic mass is 9.78. The van der Waals surface area contributed by atoms with Crippen LogP contribution in [-0.4, -0.2) is 62.8 Å². The van der Waals surface area contributed by atoms with Gasteiger partial charge < -0.3 is 4.90 Å². The summed E-state index contributed by atoms with van der Waals surface area (Å²) in [5.41, 5.74) is 2.96. The molecule has 1 unspecified atom stereocenters. The molecular weight excluding hydrogens is 490 g/mol. The first-order valence-electron chi connectivity index (χ1n) is 12.8. The molecule has 2 aromatic carbocycles. The van der Waals surface area contributed by atoms with Crippen LogP contribution in [0.5, 0.6) is 0 Å². The molecule has 0 saturated carbocycles. The molecule has 1 atom stereocenters. The van der Waals surface area contributed by atoms with E-state index in [4.69, 9.17) is 8.56 Å². The van der Waals surface area contributed by atoms with E-state index in [1.165, 1.54) is 26.8 Å². The molecule has 0 amide bonds. The number of anilines is 1. The summed E-state index contributed by atoms with van der Waals surface area (Å²) >= 11 is 1.59. The van der Waals surface area contributed by atoms with Crippen LogP contribution in [0.15, 0.2) is 42.5 Å². The van der Waals surface area contributed by atoms with Crippen LogP contribution in [0.2, 0.25) is 0 Å². The van der Waals surface area contributed by atoms with Crippen LogP contribution in [0.1, 0.15) is 50.8 Å². The van der Waals surface area contributed by atoms with E-state index in [2.05, 4.69) is 80.0 Å². The van der Waals surface area contributed by atoms with Gasteiger partial charge in [0.25, 0.3) is 10.1 Å². The molecule has 0 spiro atoms. The molecule has 5 rings (SSSR count). The van der Waals surface area contributed by atoms with Gasteiger partial charge in [-0.2, -0.15) is 12.8 Å². The largest absolute Gasteiger partial charge is 0.353 e. The highest BCUT2D eigenvalue weighted by molar-refractivity contribution is 7.86. The molecule has 1 aliphatic carbocycles. The first kappa shape index (κ1) is 25.6. The zero-order valence-electron chi connectivity index (χ0n) is 22.0. The minimum Gasteiger partial charge on any atom is -0.353 e. The van der Waals surface area contributed by atoms with Crippen molar-refractivity contribution >= 4 is 37.6 Å². The lowest BCUT2D eigenvalue weighted by molar-refractivity contribution is 0.0882. The van der Waals surface area contributed by atoms with Gasteiger partial charge in [-0.05, 0) is 59.7 Å². The second-order valence-electron chi connectivity index (χ2n) is 11.4. The van der Waals surface area contributed by atoms with Crippen LogP contribution in [0.3, 0.4) is 0 Å². The smallest absolute Gasteiger partial charge is 0.264 e. The Kier molecular flexibility index (Phi) is 6.69. The van der Waals surface area contributed by atoms with E-state index in [1.54, 1.807) is 11.5 Å². The standard InChI is InChI=1S/C28H37N3O3S2/c1-27(2)22-13-12-20(19-23(22)28(3,4)26(27)34-36(5,32)33)9-8-14-30-15-17-31(18-16-30)25-21-10-6-7-11-24(21)35-29-25/h6-7,10-13,19,26H,8-9,14-18H2,1-5H3. The monoisotopic (exact) mass is 527 g/mol. The van der Waals surface area contributed by atoms with E-state index >= 15 is 0 Å². The predicted octanol–water partition coefficient (Wildman–Crippen LogP) is 4.96. The molecule has 2 aliphatic rings. The van der Waals surface area contributed by atoms with E-state index < -0.39 is 16.2 Å². The van der Waals surface area contributed by atoms with Crippen LogP contribution in [-0.2, 0) is 31.6 Å². The highest BCUT2D eigenvalue weighted by atomic mass is 32.2. The molecule has 1 aromatic heterocycles. The van der Waals surface area contributed by atoms with Gasteiger partial charge in [0.1, 0.15) is 5.82 Å². The molecule has 2 heterocycles. The number of benzene rings is 2. The Hall–Kier alpha value is -2.00. The molecule has 1 saturated heterocycles. The number of aryl methyl sites for hydroxylation is 1. The van der Waals surface area contributed by atoms with Crippen LogP contribution in [0.4, 0.5) is 5.82 Å². The Bertz CT molecular complexity index is 1360. The van der Waals surface area contributed by atoms with Gasteiger partial charge in [0.05, 0.1) is 17.1 Å². The molecule has 3 aromatic rings. The highest BCUT2D eigenvalue weighted by Crippen LogP contribution is 2.51. The van der Waals surface area contributed by atoms with E-state index in [1.807, 2.05) is 0 Å². The summed E-state index contributed by atoms with van der Waals surface area (Å²) < 4.78 is 35.6. The van der Waals surface area contributed by atoms with Gasteiger partial charge in [0.15, 0.2) is 0 Å². The number of hydrogen-bond donors (Lipinski definition) is 0. The third-order valence-electron chi connectivity index (χ3n) is 8.02. The van der Waals surface area contributed by atoms with Crippen molar-refractivity contribution in [3.05, 3.63) is 59.2 Å². The summed E-state index contributed by atoms with van der Waals surface area (Å²) in [6, 6.07) is 15.2. The normalized spacial score (nSPS) is 21.7. The number of aromatic nitrogens is 1. The fourth-order valence-electron chi connectivity index (χ4n) is 6.23. The Balaban J connectivity index is 1.18. The SMILES string of the molecule is CC1(C)c2ccc(CCCN3CCN(c4nsc5ccccc45)CC3)cc2C(C)(C)C1OS(C)(=O)=O. The molecule has 36 heavy (non-hydrogen) atoms. The van der Waals surface area contributed by atoms with Crippen LogP contribution in [0.25, 0.3) is 10.1 Å². The second-order valence-corrected chi connectivity index (χ2v) is 13.8. The fourth-order valence-corrected chi connectivity index (χ4v) is 7.86. The zero-order valence-corrected chi connectivity index (χ0v) is 23.6. The number of nitrogens with zero attached hydrogens (tertiary/aromatic N) is 3. The molecule has 0 N–H and O–H groups in total. The van der Waals surface area contributed by atoms with Crippen molar-refractivity contribution < 1.29 is 12.6 Å². The topological polar surface area (TPSA) is 62.7 Å². The van der Waals surface area contributed by atoms with Crippen molar-refractivity contribution in [2.75, 3.05) is 43.9 Å². The molecule has 1 aliphatic heterocycles. The van der Waals surface area contributed by atoms with E-state index in [9.17, 15) is 8.42 Å². The van der Waals surface area contributed by atoms with Crippen molar-refractivity contribution in [1.29, 1.82) is 0 Å². The number of fused-ring (bicyclic) bond motifs is 2. The Labute approximate surface area is 219 Å². The minimum absolute atomic E-state index is 0.372. The molecule has 8 heteroatoms. The molecule has 194 valence electrons.